The number of ether oxygens (including phenoxy) is 3. The molecule has 2 atom stereocenters. The van der Waals surface area contributed by atoms with Crippen LogP contribution in [-0.4, -0.2) is 64.3 Å². The Kier molecular flexibility index (Phi) is 6.23. The van der Waals surface area contributed by atoms with E-state index in [1.165, 1.54) is 0 Å². The Morgan fingerprint density at radius 1 is 1.44 bits per heavy atom. The van der Waals surface area contributed by atoms with Gasteiger partial charge < -0.3 is 19.9 Å². The maximum Gasteiger partial charge on any atom is 0.158 e. The highest BCUT2D eigenvalue weighted by atomic mass is 16.7. The third-order valence-electron chi connectivity index (χ3n) is 3.32. The minimum Gasteiger partial charge on any atom is -0.380 e. The van der Waals surface area contributed by atoms with Crippen LogP contribution in [0.5, 0.6) is 0 Å². The summed E-state index contributed by atoms with van der Waals surface area (Å²) in [5.41, 5.74) is 5.81. The van der Waals surface area contributed by atoms with E-state index < -0.39 is 0 Å². The molecule has 96 valence electrons. The van der Waals surface area contributed by atoms with Gasteiger partial charge in [-0.05, 0) is 13.5 Å². The van der Waals surface area contributed by atoms with E-state index >= 15 is 0 Å². The Hall–Kier alpha value is -0.200. The van der Waals surface area contributed by atoms with Gasteiger partial charge in [-0.2, -0.15) is 0 Å². The van der Waals surface area contributed by atoms with Crippen LogP contribution in [0.3, 0.4) is 0 Å². The SMILES string of the molecule is COC(CC(CN)N(C)C1CCOC1)OC. The van der Waals surface area contributed by atoms with Crippen molar-refractivity contribution < 1.29 is 14.2 Å². The molecule has 0 spiro atoms. The molecule has 0 amide bonds. The Morgan fingerprint density at radius 3 is 2.56 bits per heavy atom. The molecule has 2 N–H and O–H groups in total. The molecule has 1 aliphatic heterocycles. The molecule has 1 aliphatic rings. The summed E-state index contributed by atoms with van der Waals surface area (Å²) in [5, 5.41) is 0. The molecular formula is C11H24N2O3. The van der Waals surface area contributed by atoms with Crippen molar-refractivity contribution in [1.29, 1.82) is 0 Å². The van der Waals surface area contributed by atoms with E-state index in [2.05, 4.69) is 11.9 Å². The van der Waals surface area contributed by atoms with E-state index in [9.17, 15) is 0 Å². The van der Waals surface area contributed by atoms with E-state index in [1.54, 1.807) is 14.2 Å². The van der Waals surface area contributed by atoms with Gasteiger partial charge in [0, 0.05) is 45.9 Å². The van der Waals surface area contributed by atoms with Crippen LogP contribution in [0.2, 0.25) is 0 Å². The van der Waals surface area contributed by atoms with Gasteiger partial charge in [-0.15, -0.1) is 0 Å². The number of likely N-dealkylation sites (N-methyl/N-ethyl adjacent to an activating group) is 1. The molecule has 2 unspecified atom stereocenters. The quantitative estimate of drug-likeness (QED) is 0.628. The fourth-order valence-corrected chi connectivity index (χ4v) is 2.08. The summed E-state index contributed by atoms with van der Waals surface area (Å²) in [7, 11) is 5.40. The number of nitrogens with zero attached hydrogens (tertiary/aromatic N) is 1. The first-order valence-corrected chi connectivity index (χ1v) is 5.78. The summed E-state index contributed by atoms with van der Waals surface area (Å²) < 4.78 is 15.8. The molecule has 16 heavy (non-hydrogen) atoms. The highest BCUT2D eigenvalue weighted by Crippen LogP contribution is 2.16. The molecule has 0 saturated carbocycles. The van der Waals surface area contributed by atoms with Crippen molar-refractivity contribution in [3.05, 3.63) is 0 Å². The molecule has 0 aromatic rings. The molecule has 0 aromatic carbocycles. The van der Waals surface area contributed by atoms with Crippen molar-refractivity contribution in [3.63, 3.8) is 0 Å². The van der Waals surface area contributed by atoms with Crippen LogP contribution in [0.15, 0.2) is 0 Å². The fourth-order valence-electron chi connectivity index (χ4n) is 2.08. The summed E-state index contributed by atoms with van der Waals surface area (Å²) in [6.45, 7) is 2.26. The first kappa shape index (κ1) is 13.9. The highest BCUT2D eigenvalue weighted by Gasteiger charge is 2.27. The molecule has 0 aromatic heterocycles. The Labute approximate surface area is 97.8 Å². The normalized spacial score (nSPS) is 23.2. The summed E-state index contributed by atoms with van der Waals surface area (Å²) in [5.74, 6) is 0. The third-order valence-corrected chi connectivity index (χ3v) is 3.32. The largest absolute Gasteiger partial charge is 0.380 e. The zero-order chi connectivity index (χ0) is 12.0. The van der Waals surface area contributed by atoms with Crippen LogP contribution in [0, 0.1) is 0 Å². The lowest BCUT2D eigenvalue weighted by atomic mass is 10.1. The Morgan fingerprint density at radius 2 is 2.12 bits per heavy atom. The Bertz CT molecular complexity index is 182. The van der Waals surface area contributed by atoms with Crippen LogP contribution in [0.4, 0.5) is 0 Å². The second kappa shape index (κ2) is 7.19. The van der Waals surface area contributed by atoms with E-state index in [1.807, 2.05) is 0 Å². The number of rotatable bonds is 7. The van der Waals surface area contributed by atoms with Crippen LogP contribution < -0.4 is 5.73 Å². The topological polar surface area (TPSA) is 57.0 Å². The van der Waals surface area contributed by atoms with Gasteiger partial charge in [0.25, 0.3) is 0 Å². The summed E-state index contributed by atoms with van der Waals surface area (Å²) in [4.78, 5) is 2.29. The zero-order valence-electron chi connectivity index (χ0n) is 10.5. The van der Waals surface area contributed by atoms with E-state index in [0.29, 0.717) is 12.6 Å². The van der Waals surface area contributed by atoms with Crippen molar-refractivity contribution in [2.24, 2.45) is 5.73 Å². The van der Waals surface area contributed by atoms with Gasteiger partial charge >= 0.3 is 0 Å². The van der Waals surface area contributed by atoms with E-state index in [0.717, 1.165) is 26.1 Å². The summed E-state index contributed by atoms with van der Waals surface area (Å²) in [6.07, 6.45) is 1.69. The second-order valence-electron chi connectivity index (χ2n) is 4.21. The van der Waals surface area contributed by atoms with Gasteiger partial charge in [-0.25, -0.2) is 0 Å². The average Bonchev–Trinajstić information content (AvgIpc) is 2.83. The molecule has 0 aliphatic carbocycles. The molecular weight excluding hydrogens is 208 g/mol. The second-order valence-corrected chi connectivity index (χ2v) is 4.21. The summed E-state index contributed by atoms with van der Waals surface area (Å²) >= 11 is 0. The average molecular weight is 232 g/mol. The molecule has 5 heteroatoms. The van der Waals surface area contributed by atoms with Gasteiger partial charge in [0.1, 0.15) is 0 Å². The molecule has 1 fully saturated rings. The number of hydrogen-bond acceptors (Lipinski definition) is 5. The fraction of sp³-hybridized carbons (Fsp3) is 1.00. The number of methoxy groups -OCH3 is 2. The highest BCUT2D eigenvalue weighted by molar-refractivity contribution is 4.80. The number of nitrogens with two attached hydrogens (primary N) is 1. The Balaban J connectivity index is 2.44. The zero-order valence-corrected chi connectivity index (χ0v) is 10.5. The van der Waals surface area contributed by atoms with Crippen LogP contribution >= 0.6 is 0 Å². The molecule has 0 radical (unpaired) electrons. The molecule has 0 bridgehead atoms. The van der Waals surface area contributed by atoms with Crippen LogP contribution in [0.25, 0.3) is 0 Å². The van der Waals surface area contributed by atoms with Crippen LogP contribution in [-0.2, 0) is 14.2 Å². The minimum absolute atomic E-state index is 0.182. The van der Waals surface area contributed by atoms with Gasteiger partial charge in [0.05, 0.1) is 6.61 Å². The van der Waals surface area contributed by atoms with Crippen molar-refractivity contribution >= 4 is 0 Å². The maximum absolute atomic E-state index is 5.81. The molecule has 1 heterocycles. The monoisotopic (exact) mass is 232 g/mol. The molecule has 1 saturated heterocycles. The molecule has 5 nitrogen and oxygen atoms in total. The van der Waals surface area contributed by atoms with Crippen LogP contribution in [0.1, 0.15) is 12.8 Å². The predicted octanol–water partition coefficient (Wildman–Crippen LogP) is 0.0434. The lowest BCUT2D eigenvalue weighted by Gasteiger charge is -2.33. The minimum atomic E-state index is -0.182. The summed E-state index contributed by atoms with van der Waals surface area (Å²) in [6, 6.07) is 0.750. The first-order chi connectivity index (χ1) is 7.72. The molecule has 1 rings (SSSR count). The third kappa shape index (κ3) is 3.68. The van der Waals surface area contributed by atoms with Gasteiger partial charge in [-0.1, -0.05) is 0 Å². The smallest absolute Gasteiger partial charge is 0.158 e. The van der Waals surface area contributed by atoms with Gasteiger partial charge in [-0.3, -0.25) is 4.90 Å². The first-order valence-electron chi connectivity index (χ1n) is 5.78. The maximum atomic E-state index is 5.81. The predicted molar refractivity (Wildman–Crippen MR) is 62.3 cm³/mol. The lowest BCUT2D eigenvalue weighted by molar-refractivity contribution is -0.117. The van der Waals surface area contributed by atoms with Crippen molar-refractivity contribution in [3.8, 4) is 0 Å². The van der Waals surface area contributed by atoms with Gasteiger partial charge in [0.15, 0.2) is 6.29 Å². The van der Waals surface area contributed by atoms with Crippen molar-refractivity contribution in [2.75, 3.05) is 41.0 Å². The standard InChI is InChI=1S/C11H24N2O3/c1-13(9-4-5-16-8-9)10(7-12)6-11(14-2)15-3/h9-11H,4-8,12H2,1-3H3. The van der Waals surface area contributed by atoms with E-state index in [-0.39, 0.29) is 12.3 Å². The van der Waals surface area contributed by atoms with Gasteiger partial charge in [0.2, 0.25) is 0 Å². The lowest BCUT2D eigenvalue weighted by Crippen LogP contribution is -2.46. The van der Waals surface area contributed by atoms with Crippen molar-refractivity contribution in [2.45, 2.75) is 31.2 Å². The number of hydrogen-bond donors (Lipinski definition) is 1. The van der Waals surface area contributed by atoms with Crippen molar-refractivity contribution in [1.82, 2.24) is 4.90 Å². The van der Waals surface area contributed by atoms with E-state index in [4.69, 9.17) is 19.9 Å².